The van der Waals surface area contributed by atoms with Gasteiger partial charge in [-0.2, -0.15) is 0 Å². The van der Waals surface area contributed by atoms with Gasteiger partial charge in [0.25, 0.3) is 0 Å². The van der Waals surface area contributed by atoms with Crippen LogP contribution < -0.4 is 0 Å². The molecule has 0 aromatic rings. The molecular weight excluding hydrogens is 435 g/mol. The topological polar surface area (TPSA) is 171 Å². The summed E-state index contributed by atoms with van der Waals surface area (Å²) >= 11 is 0. The van der Waals surface area contributed by atoms with Crippen LogP contribution in [0.2, 0.25) is 0 Å². The van der Waals surface area contributed by atoms with Crippen LogP contribution in [0.3, 0.4) is 0 Å². The van der Waals surface area contributed by atoms with Crippen molar-refractivity contribution in [1.29, 1.82) is 0 Å². The Morgan fingerprint density at radius 3 is 0.444 bits per heavy atom. The monoisotopic (exact) mass is 437 g/mol. The van der Waals surface area contributed by atoms with E-state index < -0.39 is 0 Å². The van der Waals surface area contributed by atoms with Crippen LogP contribution in [0.5, 0.6) is 0 Å². The second-order valence-electron chi connectivity index (χ2n) is 0. The first-order chi connectivity index (χ1) is 0. The van der Waals surface area contributed by atoms with E-state index in [1.165, 1.54) is 0 Å². The molecule has 0 aromatic heterocycles. The van der Waals surface area contributed by atoms with Crippen molar-refractivity contribution in [3.8, 4) is 0 Å². The number of rotatable bonds is 0. The molecule has 0 aromatic carbocycles. The van der Waals surface area contributed by atoms with Gasteiger partial charge < -0.3 is 32.9 Å². The molecule has 0 unspecified atom stereocenters. The summed E-state index contributed by atoms with van der Waals surface area (Å²) in [4.78, 5) is 0. The van der Waals surface area contributed by atoms with Crippen LogP contribution in [0.4, 0.5) is 0 Å². The van der Waals surface area contributed by atoms with Crippen LogP contribution in [0.1, 0.15) is 0 Å². The SMILES string of the molecule is [Co].[Mo+6].[O-2].[O-2].[O-2].[O-2].[O-2].[O-2].[W+6]. The maximum atomic E-state index is 0. The van der Waals surface area contributed by atoms with Crippen molar-refractivity contribution in [1.82, 2.24) is 0 Å². The van der Waals surface area contributed by atoms with Crippen molar-refractivity contribution < 1.29 is 91.8 Å². The second kappa shape index (κ2) is 267. The van der Waals surface area contributed by atoms with E-state index in [0.717, 1.165) is 0 Å². The van der Waals surface area contributed by atoms with Crippen molar-refractivity contribution in [2.45, 2.75) is 0 Å². The molecule has 9 heteroatoms. The maximum Gasteiger partial charge on any atom is 6.00 e. The summed E-state index contributed by atoms with van der Waals surface area (Å²) in [6, 6.07) is 0. The molecule has 57 valence electrons. The molecule has 6 nitrogen and oxygen atoms in total. The van der Waals surface area contributed by atoms with Gasteiger partial charge in [0.2, 0.25) is 0 Å². The van der Waals surface area contributed by atoms with E-state index in [9.17, 15) is 0 Å². The van der Waals surface area contributed by atoms with Crippen molar-refractivity contribution in [3.05, 3.63) is 0 Å². The summed E-state index contributed by atoms with van der Waals surface area (Å²) in [5.74, 6) is 0. The van der Waals surface area contributed by atoms with Crippen molar-refractivity contribution in [2.24, 2.45) is 0 Å². The van der Waals surface area contributed by atoms with Gasteiger partial charge in [0.05, 0.1) is 0 Å². The molecule has 0 spiro atoms. The molecular formula is CoMoO6W. The first kappa shape index (κ1) is 367. The molecule has 0 aliphatic heterocycles. The molecule has 0 rings (SSSR count). The summed E-state index contributed by atoms with van der Waals surface area (Å²) in [5.41, 5.74) is 0. The Morgan fingerprint density at radius 2 is 0.444 bits per heavy atom. The fourth-order valence-electron chi connectivity index (χ4n) is 0. The van der Waals surface area contributed by atoms with E-state index in [1.54, 1.807) is 0 Å². The summed E-state index contributed by atoms with van der Waals surface area (Å²) in [7, 11) is 0. The summed E-state index contributed by atoms with van der Waals surface area (Å²) in [6.07, 6.45) is 0. The van der Waals surface area contributed by atoms with E-state index in [4.69, 9.17) is 0 Å². The number of hydrogen-bond donors (Lipinski definition) is 0. The molecule has 0 heterocycles. The van der Waals surface area contributed by atoms with E-state index in [0.29, 0.717) is 0 Å². The van der Waals surface area contributed by atoms with Crippen LogP contribution in [0.25, 0.3) is 0 Å². The Kier molecular flexibility index (Phi) is 10900. The van der Waals surface area contributed by atoms with Crippen LogP contribution in [0, 0.1) is 0 Å². The molecule has 0 aliphatic rings. The minimum atomic E-state index is 0. The smallest absolute Gasteiger partial charge is 2.00 e. The van der Waals surface area contributed by atoms with Crippen LogP contribution in [0.15, 0.2) is 0 Å². The predicted molar refractivity (Wildman–Crippen MR) is 4.12 cm³/mol. The minimum absolute atomic E-state index is 0. The van der Waals surface area contributed by atoms with Gasteiger partial charge in [-0.15, -0.1) is 0 Å². The Morgan fingerprint density at radius 1 is 0.444 bits per heavy atom. The average Bonchev–Trinajstić information content (AvgIpc) is 0. The van der Waals surface area contributed by atoms with Crippen molar-refractivity contribution in [3.63, 3.8) is 0 Å². The molecule has 0 N–H and O–H groups in total. The summed E-state index contributed by atoms with van der Waals surface area (Å²) in [5, 5.41) is 0. The quantitative estimate of drug-likeness (QED) is 0.438. The van der Waals surface area contributed by atoms with Gasteiger partial charge in [0.15, 0.2) is 0 Å². The van der Waals surface area contributed by atoms with Crippen LogP contribution in [-0.4, -0.2) is 0 Å². The zero-order chi connectivity index (χ0) is 0. The maximum absolute atomic E-state index is 0. The standard InChI is InChI=1S/Co.Mo.6O.W/q;+6;6*-2;+6. The first-order valence-electron chi connectivity index (χ1n) is 0. The fraction of sp³-hybridized carbons (Fsp3) is 0. The second-order valence-corrected chi connectivity index (χ2v) is 0. The van der Waals surface area contributed by atoms with E-state index in [1.807, 2.05) is 0 Å². The van der Waals surface area contributed by atoms with Gasteiger partial charge in [-0.25, -0.2) is 0 Å². The molecule has 0 amide bonds. The average molecular weight is 435 g/mol. The predicted octanol–water partition coefficient (Wildman–Crippen LogP) is -0.720. The van der Waals surface area contributed by atoms with Gasteiger partial charge >= 0.3 is 42.1 Å². The Hall–Kier alpha value is 1.64. The molecule has 0 bridgehead atoms. The Bertz CT molecular complexity index is 13.0. The van der Waals surface area contributed by atoms with Gasteiger partial charge in [-0.3, -0.25) is 0 Å². The minimum Gasteiger partial charge on any atom is -2.00 e. The van der Waals surface area contributed by atoms with E-state index >= 15 is 0 Å². The largest absolute Gasteiger partial charge is 6.00 e. The first-order valence-corrected chi connectivity index (χ1v) is 0. The third-order valence-corrected chi connectivity index (χ3v) is 0. The van der Waals surface area contributed by atoms with Crippen molar-refractivity contribution in [2.75, 3.05) is 0 Å². The summed E-state index contributed by atoms with van der Waals surface area (Å²) in [6.45, 7) is 0. The molecule has 9 heavy (non-hydrogen) atoms. The molecule has 0 saturated carbocycles. The zero-order valence-corrected chi connectivity index (χ0v) is 9.58. The molecule has 1 radical (unpaired) electrons. The third-order valence-electron chi connectivity index (χ3n) is 0. The molecule has 0 saturated heterocycles. The van der Waals surface area contributed by atoms with Crippen LogP contribution >= 0.6 is 0 Å². The van der Waals surface area contributed by atoms with Gasteiger partial charge in [-0.05, 0) is 0 Å². The van der Waals surface area contributed by atoms with Crippen molar-refractivity contribution >= 4 is 0 Å². The molecule has 0 atom stereocenters. The summed E-state index contributed by atoms with van der Waals surface area (Å²) < 4.78 is 0. The van der Waals surface area contributed by atoms with Crippen LogP contribution in [-0.2, 0) is 91.8 Å². The van der Waals surface area contributed by atoms with E-state index in [-0.39, 0.29) is 91.8 Å². The van der Waals surface area contributed by atoms with Gasteiger partial charge in [-0.1, -0.05) is 0 Å². The zero-order valence-electron chi connectivity index (χ0n) is 3.60. The fourth-order valence-corrected chi connectivity index (χ4v) is 0. The van der Waals surface area contributed by atoms with E-state index in [2.05, 4.69) is 0 Å². The third kappa shape index (κ3) is 209. The molecule has 0 aliphatic carbocycles. The van der Waals surface area contributed by atoms with Gasteiger partial charge in [0, 0.05) is 16.8 Å². The normalized spacial score (nSPS) is 0. The molecule has 0 fully saturated rings. The Balaban J connectivity index is 0. The number of hydrogen-bond acceptors (Lipinski definition) is 0. The van der Waals surface area contributed by atoms with Gasteiger partial charge in [0.1, 0.15) is 0 Å². The Labute approximate surface area is 91.3 Å².